The van der Waals surface area contributed by atoms with Crippen molar-refractivity contribution in [3.05, 3.63) is 47.0 Å². The van der Waals surface area contributed by atoms with Crippen molar-refractivity contribution in [2.24, 2.45) is 0 Å². The van der Waals surface area contributed by atoms with Gasteiger partial charge in [0.2, 0.25) is 0 Å². The molecule has 1 saturated heterocycles. The molecule has 2 aromatic rings. The van der Waals surface area contributed by atoms with Crippen LogP contribution < -0.4 is 4.90 Å². The predicted molar refractivity (Wildman–Crippen MR) is 96.3 cm³/mol. The highest BCUT2D eigenvalue weighted by molar-refractivity contribution is 5.98. The minimum atomic E-state index is -0.449. The summed E-state index contributed by atoms with van der Waals surface area (Å²) in [7, 11) is 3.03. The van der Waals surface area contributed by atoms with Gasteiger partial charge in [-0.1, -0.05) is 0 Å². The molecule has 0 unspecified atom stereocenters. The van der Waals surface area contributed by atoms with Crippen molar-refractivity contribution in [3.63, 3.8) is 0 Å². The number of aryl methyl sites for hydroxylation is 1. The first kappa shape index (κ1) is 18.0. The lowest BCUT2D eigenvalue weighted by molar-refractivity contribution is 0.0598. The molecule has 0 radical (unpaired) electrons. The lowest BCUT2D eigenvalue weighted by Crippen LogP contribution is -2.29. The first-order valence-corrected chi connectivity index (χ1v) is 8.64. The molecule has 0 saturated carbocycles. The Morgan fingerprint density at radius 3 is 2.73 bits per heavy atom. The maximum Gasteiger partial charge on any atom is 0.341 e. The van der Waals surface area contributed by atoms with Gasteiger partial charge < -0.3 is 19.0 Å². The number of aromatic nitrogens is 1. The zero-order valence-corrected chi connectivity index (χ0v) is 15.3. The third-order valence-electron chi connectivity index (χ3n) is 4.54. The van der Waals surface area contributed by atoms with Crippen LogP contribution >= 0.6 is 0 Å². The van der Waals surface area contributed by atoms with E-state index >= 15 is 0 Å². The van der Waals surface area contributed by atoms with Crippen molar-refractivity contribution in [3.8, 4) is 0 Å². The Labute approximate surface area is 152 Å². The Bertz CT molecular complexity index is 809. The molecule has 1 fully saturated rings. The number of ether oxygens (including phenoxy) is 1. The fourth-order valence-corrected chi connectivity index (χ4v) is 3.19. The highest BCUT2D eigenvalue weighted by atomic mass is 16.5. The summed E-state index contributed by atoms with van der Waals surface area (Å²) in [5, 5.41) is 0. The summed E-state index contributed by atoms with van der Waals surface area (Å²) < 4.78 is 10.3. The number of anilines is 1. The fourth-order valence-electron chi connectivity index (χ4n) is 3.19. The summed E-state index contributed by atoms with van der Waals surface area (Å²) in [6.07, 6.45) is 3.94. The minimum absolute atomic E-state index is 0.131. The molecule has 7 heteroatoms. The van der Waals surface area contributed by atoms with E-state index in [2.05, 4.69) is 9.88 Å². The van der Waals surface area contributed by atoms with E-state index in [9.17, 15) is 9.59 Å². The van der Waals surface area contributed by atoms with Gasteiger partial charge in [0.1, 0.15) is 22.9 Å². The monoisotopic (exact) mass is 357 g/mol. The first-order chi connectivity index (χ1) is 12.5. The van der Waals surface area contributed by atoms with Crippen molar-refractivity contribution in [1.82, 2.24) is 9.88 Å². The SMILES string of the molecule is COC(=O)c1cc(CN(C)C(=O)c2cccnc2N2CCCC2)oc1C. The molecular weight excluding hydrogens is 334 g/mol. The lowest BCUT2D eigenvalue weighted by atomic mass is 10.2. The van der Waals surface area contributed by atoms with E-state index in [0.717, 1.165) is 31.7 Å². The quantitative estimate of drug-likeness (QED) is 0.766. The van der Waals surface area contributed by atoms with Gasteiger partial charge >= 0.3 is 5.97 Å². The highest BCUT2D eigenvalue weighted by Gasteiger charge is 2.24. The number of rotatable bonds is 5. The number of hydrogen-bond acceptors (Lipinski definition) is 6. The van der Waals surface area contributed by atoms with Gasteiger partial charge in [0, 0.05) is 26.3 Å². The molecule has 1 amide bonds. The Hall–Kier alpha value is -2.83. The Balaban J connectivity index is 1.78. The van der Waals surface area contributed by atoms with Crippen LogP contribution in [0.2, 0.25) is 0 Å². The maximum absolute atomic E-state index is 12.9. The van der Waals surface area contributed by atoms with Crippen molar-refractivity contribution in [2.45, 2.75) is 26.3 Å². The van der Waals surface area contributed by atoms with Crippen LogP contribution in [-0.4, -0.2) is 49.0 Å². The molecule has 0 spiro atoms. The fraction of sp³-hybridized carbons (Fsp3) is 0.421. The van der Waals surface area contributed by atoms with Gasteiger partial charge in [0.25, 0.3) is 5.91 Å². The highest BCUT2D eigenvalue weighted by Crippen LogP contribution is 2.24. The molecule has 0 atom stereocenters. The van der Waals surface area contributed by atoms with E-state index in [1.54, 1.807) is 43.3 Å². The largest absolute Gasteiger partial charge is 0.465 e. The molecule has 0 aromatic carbocycles. The second kappa shape index (κ2) is 7.59. The molecule has 2 aromatic heterocycles. The second-order valence-corrected chi connectivity index (χ2v) is 6.40. The molecule has 3 heterocycles. The Morgan fingerprint density at radius 1 is 1.31 bits per heavy atom. The van der Waals surface area contributed by atoms with E-state index in [1.165, 1.54) is 7.11 Å². The number of furan rings is 1. The molecule has 0 N–H and O–H groups in total. The van der Waals surface area contributed by atoms with Crippen LogP contribution in [0.25, 0.3) is 0 Å². The van der Waals surface area contributed by atoms with E-state index < -0.39 is 5.97 Å². The summed E-state index contributed by atoms with van der Waals surface area (Å²) >= 11 is 0. The number of methoxy groups -OCH3 is 1. The predicted octanol–water partition coefficient (Wildman–Crippen LogP) is 2.64. The maximum atomic E-state index is 12.9. The van der Waals surface area contributed by atoms with Crippen molar-refractivity contribution in [2.75, 3.05) is 32.1 Å². The molecule has 1 aliphatic rings. The summed E-state index contributed by atoms with van der Waals surface area (Å²) in [6.45, 7) is 3.79. The van der Waals surface area contributed by atoms with E-state index in [4.69, 9.17) is 9.15 Å². The number of hydrogen-bond donors (Lipinski definition) is 0. The lowest BCUT2D eigenvalue weighted by Gasteiger charge is -2.22. The van der Waals surface area contributed by atoms with Gasteiger partial charge in [-0.15, -0.1) is 0 Å². The number of amides is 1. The Morgan fingerprint density at radius 2 is 2.04 bits per heavy atom. The molecule has 7 nitrogen and oxygen atoms in total. The van der Waals surface area contributed by atoms with Gasteiger partial charge in [-0.2, -0.15) is 0 Å². The molecule has 0 bridgehead atoms. The summed E-state index contributed by atoms with van der Waals surface area (Å²) in [6, 6.07) is 5.19. The van der Waals surface area contributed by atoms with E-state index in [1.807, 2.05) is 0 Å². The zero-order chi connectivity index (χ0) is 18.7. The molecule has 26 heavy (non-hydrogen) atoms. The third kappa shape index (κ3) is 3.56. The molecule has 0 aliphatic carbocycles. The topological polar surface area (TPSA) is 75.9 Å². The van der Waals surface area contributed by atoms with E-state index in [-0.39, 0.29) is 12.5 Å². The summed E-state index contributed by atoms with van der Waals surface area (Å²) in [5.41, 5.74) is 0.954. The van der Waals surface area contributed by atoms with Gasteiger partial charge in [0.15, 0.2) is 0 Å². The molecule has 138 valence electrons. The van der Waals surface area contributed by atoms with Crippen LogP contribution in [0.15, 0.2) is 28.8 Å². The smallest absolute Gasteiger partial charge is 0.341 e. The molecule has 1 aliphatic heterocycles. The second-order valence-electron chi connectivity index (χ2n) is 6.40. The van der Waals surface area contributed by atoms with Crippen LogP contribution in [0.3, 0.4) is 0 Å². The van der Waals surface area contributed by atoms with Crippen molar-refractivity contribution >= 4 is 17.7 Å². The normalized spacial score (nSPS) is 13.7. The first-order valence-electron chi connectivity index (χ1n) is 8.64. The van der Waals surface area contributed by atoms with Crippen LogP contribution in [-0.2, 0) is 11.3 Å². The summed E-state index contributed by atoms with van der Waals surface area (Å²) in [5.74, 6) is 1.16. The van der Waals surface area contributed by atoms with Crippen LogP contribution in [0.1, 0.15) is 45.1 Å². The number of carbonyl (C=O) groups is 2. The third-order valence-corrected chi connectivity index (χ3v) is 4.54. The number of nitrogens with zero attached hydrogens (tertiary/aromatic N) is 3. The van der Waals surface area contributed by atoms with Gasteiger partial charge in [0.05, 0.1) is 19.2 Å². The van der Waals surface area contributed by atoms with Crippen molar-refractivity contribution < 1.29 is 18.7 Å². The minimum Gasteiger partial charge on any atom is -0.465 e. The van der Waals surface area contributed by atoms with Gasteiger partial charge in [-0.25, -0.2) is 9.78 Å². The Kier molecular flexibility index (Phi) is 5.25. The number of pyridine rings is 1. The molecular formula is C19H23N3O4. The van der Waals surface area contributed by atoms with Crippen LogP contribution in [0, 0.1) is 6.92 Å². The number of carbonyl (C=O) groups excluding carboxylic acids is 2. The summed E-state index contributed by atoms with van der Waals surface area (Å²) in [4.78, 5) is 32.8. The van der Waals surface area contributed by atoms with E-state index in [0.29, 0.717) is 22.6 Å². The average molecular weight is 357 g/mol. The number of esters is 1. The average Bonchev–Trinajstić information content (AvgIpc) is 3.30. The molecule has 3 rings (SSSR count). The van der Waals surface area contributed by atoms with Crippen molar-refractivity contribution in [1.29, 1.82) is 0 Å². The van der Waals surface area contributed by atoms with Crippen LogP contribution in [0.5, 0.6) is 0 Å². The zero-order valence-electron chi connectivity index (χ0n) is 15.3. The van der Waals surface area contributed by atoms with Gasteiger partial charge in [-0.05, 0) is 38.0 Å². The van der Waals surface area contributed by atoms with Gasteiger partial charge in [-0.3, -0.25) is 4.79 Å². The van der Waals surface area contributed by atoms with Crippen LogP contribution in [0.4, 0.5) is 5.82 Å². The standard InChI is InChI=1S/C19H23N3O4/c1-13-16(19(24)25-3)11-14(26-13)12-21(2)18(23)15-7-6-8-20-17(15)22-9-4-5-10-22/h6-8,11H,4-5,9-10,12H2,1-3H3.